The zero-order valence-electron chi connectivity index (χ0n) is 12.7. The average Bonchev–Trinajstić information content (AvgIpc) is 2.51. The number of hydrogen-bond acceptors (Lipinski definition) is 4. The van der Waals surface area contributed by atoms with Crippen LogP contribution in [0.2, 0.25) is 0 Å². The maximum absolute atomic E-state index is 11.4. The molecule has 0 amide bonds. The molecule has 0 bridgehead atoms. The van der Waals surface area contributed by atoms with Crippen LogP contribution in [0.15, 0.2) is 51.7 Å². The van der Waals surface area contributed by atoms with E-state index in [-0.39, 0.29) is 11.4 Å². The van der Waals surface area contributed by atoms with Gasteiger partial charge in [-0.15, -0.1) is 0 Å². The van der Waals surface area contributed by atoms with E-state index in [9.17, 15) is 9.59 Å². The maximum Gasteiger partial charge on any atom is 0.335 e. The number of ether oxygens (including phenoxy) is 1. The maximum atomic E-state index is 11.4. The third-order valence-electron chi connectivity index (χ3n) is 3.33. The van der Waals surface area contributed by atoms with E-state index in [1.165, 1.54) is 6.07 Å². The van der Waals surface area contributed by atoms with Crippen LogP contribution in [0.3, 0.4) is 0 Å². The van der Waals surface area contributed by atoms with E-state index >= 15 is 0 Å². The van der Waals surface area contributed by atoms with Gasteiger partial charge in [-0.2, -0.15) is 0 Å². The van der Waals surface area contributed by atoms with Gasteiger partial charge in [0.2, 0.25) is 0 Å². The number of ketones is 1. The molecule has 1 aromatic carbocycles. The highest BCUT2D eigenvalue weighted by Gasteiger charge is 2.07. The fraction of sp³-hybridized carbons (Fsp3) is 0.333. The lowest BCUT2D eigenvalue weighted by Crippen LogP contribution is -2.08. The van der Waals surface area contributed by atoms with Crippen LogP contribution in [-0.2, 0) is 29.0 Å². The lowest BCUT2D eigenvalue weighted by atomic mass is 10.1. The summed E-state index contributed by atoms with van der Waals surface area (Å²) in [6.45, 7) is 2.55. The molecule has 0 aliphatic heterocycles. The Kier molecular flexibility index (Phi) is 6.10. The Bertz CT molecular complexity index is 658. The minimum absolute atomic E-state index is 0.123. The molecule has 1 aromatic heterocycles. The average molecular weight is 300 g/mol. The molecule has 1 heterocycles. The van der Waals surface area contributed by atoms with Crippen LogP contribution in [0.4, 0.5) is 0 Å². The molecular weight excluding hydrogens is 280 g/mol. The zero-order valence-corrected chi connectivity index (χ0v) is 12.7. The lowest BCUT2D eigenvalue weighted by Gasteiger charge is -2.08. The van der Waals surface area contributed by atoms with Crippen molar-refractivity contribution in [2.75, 3.05) is 6.61 Å². The molecule has 0 aliphatic rings. The van der Waals surface area contributed by atoms with Crippen molar-refractivity contribution in [1.82, 2.24) is 0 Å². The van der Waals surface area contributed by atoms with Crippen LogP contribution in [-0.4, -0.2) is 12.4 Å². The lowest BCUT2D eigenvalue weighted by molar-refractivity contribution is -0.116. The number of aryl methyl sites for hydroxylation is 1. The first-order valence-electron chi connectivity index (χ1n) is 7.38. The van der Waals surface area contributed by atoms with Crippen LogP contribution in [0.25, 0.3) is 0 Å². The summed E-state index contributed by atoms with van der Waals surface area (Å²) >= 11 is 0. The second-order valence-corrected chi connectivity index (χ2v) is 5.19. The van der Waals surface area contributed by atoms with Gasteiger partial charge in [0.15, 0.2) is 0 Å². The molecule has 0 fully saturated rings. The smallest absolute Gasteiger partial charge is 0.335 e. The standard InChI is InChI=1S/C18H20O4/c1-14(19)7-8-16-9-10-18(20)22-17(16)11-12-21-13-15-5-3-2-4-6-15/h2-6,9-10H,7-8,11-13H2,1H3. The zero-order chi connectivity index (χ0) is 15.8. The summed E-state index contributed by atoms with van der Waals surface area (Å²) in [5, 5.41) is 0. The van der Waals surface area contributed by atoms with Gasteiger partial charge in [-0.25, -0.2) is 4.79 Å². The summed E-state index contributed by atoms with van der Waals surface area (Å²) in [7, 11) is 0. The van der Waals surface area contributed by atoms with Crippen molar-refractivity contribution in [2.45, 2.75) is 32.8 Å². The quantitative estimate of drug-likeness (QED) is 0.703. The Balaban J connectivity index is 1.89. The molecule has 0 saturated heterocycles. The SMILES string of the molecule is CC(=O)CCc1ccc(=O)oc1CCOCc1ccccc1. The molecule has 4 heteroatoms. The highest BCUT2D eigenvalue weighted by molar-refractivity contribution is 5.75. The monoisotopic (exact) mass is 300 g/mol. The molecule has 0 atom stereocenters. The number of carbonyl (C=O) groups excluding carboxylic acids is 1. The van der Waals surface area contributed by atoms with Crippen LogP contribution < -0.4 is 5.63 Å². The number of hydrogen-bond donors (Lipinski definition) is 0. The van der Waals surface area contributed by atoms with Gasteiger partial charge in [0.1, 0.15) is 11.5 Å². The van der Waals surface area contributed by atoms with Crippen LogP contribution in [0, 0.1) is 0 Å². The minimum atomic E-state index is -0.371. The van der Waals surface area contributed by atoms with Crippen LogP contribution >= 0.6 is 0 Å². The molecule has 0 saturated carbocycles. The Morgan fingerprint density at radius 1 is 1.09 bits per heavy atom. The predicted octanol–water partition coefficient (Wildman–Crippen LogP) is 2.92. The Morgan fingerprint density at radius 3 is 2.59 bits per heavy atom. The van der Waals surface area contributed by atoms with Crippen molar-refractivity contribution < 1.29 is 13.9 Å². The first-order chi connectivity index (χ1) is 10.6. The van der Waals surface area contributed by atoms with Gasteiger partial charge in [-0.3, -0.25) is 0 Å². The Hall–Kier alpha value is -2.20. The van der Waals surface area contributed by atoms with Crippen molar-refractivity contribution >= 4 is 5.78 Å². The highest BCUT2D eigenvalue weighted by atomic mass is 16.5. The van der Waals surface area contributed by atoms with Crippen LogP contribution in [0.5, 0.6) is 0 Å². The van der Waals surface area contributed by atoms with Gasteiger partial charge in [0.25, 0.3) is 0 Å². The second-order valence-electron chi connectivity index (χ2n) is 5.19. The van der Waals surface area contributed by atoms with Crippen molar-refractivity contribution in [1.29, 1.82) is 0 Å². The van der Waals surface area contributed by atoms with E-state index in [1.54, 1.807) is 13.0 Å². The topological polar surface area (TPSA) is 56.5 Å². The van der Waals surface area contributed by atoms with Gasteiger partial charge >= 0.3 is 5.63 Å². The summed E-state index contributed by atoms with van der Waals surface area (Å²) in [5.74, 6) is 0.735. The first kappa shape index (κ1) is 16.2. The molecular formula is C18H20O4. The highest BCUT2D eigenvalue weighted by Crippen LogP contribution is 2.11. The molecule has 116 valence electrons. The molecule has 0 radical (unpaired) electrons. The van der Waals surface area contributed by atoms with E-state index in [2.05, 4.69) is 0 Å². The number of benzene rings is 1. The third kappa shape index (κ3) is 5.30. The van der Waals surface area contributed by atoms with E-state index in [4.69, 9.17) is 9.15 Å². The molecule has 2 rings (SSSR count). The van der Waals surface area contributed by atoms with E-state index in [0.717, 1.165) is 11.1 Å². The predicted molar refractivity (Wildman–Crippen MR) is 83.8 cm³/mol. The molecule has 2 aromatic rings. The van der Waals surface area contributed by atoms with Crippen molar-refractivity contribution in [2.24, 2.45) is 0 Å². The normalized spacial score (nSPS) is 10.6. The Morgan fingerprint density at radius 2 is 1.86 bits per heavy atom. The molecule has 0 unspecified atom stereocenters. The summed E-state index contributed by atoms with van der Waals surface area (Å²) < 4.78 is 10.9. The van der Waals surface area contributed by atoms with Gasteiger partial charge < -0.3 is 13.9 Å². The van der Waals surface area contributed by atoms with Gasteiger partial charge in [-0.05, 0) is 30.5 Å². The minimum Gasteiger partial charge on any atom is -0.428 e. The van der Waals surface area contributed by atoms with Gasteiger partial charge in [0.05, 0.1) is 13.2 Å². The fourth-order valence-electron chi connectivity index (χ4n) is 2.16. The van der Waals surface area contributed by atoms with E-state index < -0.39 is 0 Å². The first-order valence-corrected chi connectivity index (χ1v) is 7.38. The van der Waals surface area contributed by atoms with Gasteiger partial charge in [-0.1, -0.05) is 30.3 Å². The number of rotatable bonds is 8. The number of Topliss-reactive ketones (excluding diaryl/α,β-unsaturated/α-hetero) is 1. The summed E-state index contributed by atoms with van der Waals surface area (Å²) in [6.07, 6.45) is 1.56. The molecule has 4 nitrogen and oxygen atoms in total. The van der Waals surface area contributed by atoms with Crippen molar-refractivity contribution in [3.05, 3.63) is 69.8 Å². The summed E-state index contributed by atoms with van der Waals surface area (Å²) in [6, 6.07) is 13.0. The van der Waals surface area contributed by atoms with Gasteiger partial charge in [0, 0.05) is 18.9 Å². The largest absolute Gasteiger partial charge is 0.428 e. The summed E-state index contributed by atoms with van der Waals surface area (Å²) in [5.41, 5.74) is 1.64. The van der Waals surface area contributed by atoms with Crippen molar-refractivity contribution in [3.8, 4) is 0 Å². The van der Waals surface area contributed by atoms with Crippen LogP contribution in [0.1, 0.15) is 30.2 Å². The fourth-order valence-corrected chi connectivity index (χ4v) is 2.16. The third-order valence-corrected chi connectivity index (χ3v) is 3.33. The molecule has 0 N–H and O–H groups in total. The summed E-state index contributed by atoms with van der Waals surface area (Å²) in [4.78, 5) is 22.5. The number of carbonyl (C=O) groups is 1. The van der Waals surface area contributed by atoms with E-state index in [1.807, 2.05) is 30.3 Å². The van der Waals surface area contributed by atoms with E-state index in [0.29, 0.717) is 38.2 Å². The second kappa shape index (κ2) is 8.29. The Labute approximate surface area is 129 Å². The van der Waals surface area contributed by atoms with Crippen molar-refractivity contribution in [3.63, 3.8) is 0 Å². The molecule has 0 spiro atoms. The molecule has 0 aliphatic carbocycles. The molecule has 22 heavy (non-hydrogen) atoms.